The predicted molar refractivity (Wildman–Crippen MR) is 123 cm³/mol. The molecule has 5 rings (SSSR count). The van der Waals surface area contributed by atoms with Gasteiger partial charge in [0.05, 0.1) is 6.10 Å². The van der Waals surface area contributed by atoms with Gasteiger partial charge in [0.2, 0.25) is 6.79 Å². The van der Waals surface area contributed by atoms with E-state index in [1.807, 2.05) is 35.2 Å². The number of ether oxygens (including phenoxy) is 4. The van der Waals surface area contributed by atoms with E-state index >= 15 is 0 Å². The van der Waals surface area contributed by atoms with E-state index in [9.17, 15) is 9.18 Å². The molecule has 0 aromatic heterocycles. The van der Waals surface area contributed by atoms with E-state index in [0.29, 0.717) is 35.9 Å². The van der Waals surface area contributed by atoms with Crippen LogP contribution in [-0.2, 0) is 17.9 Å². The fraction of sp³-hybridized carbons (Fsp3) is 0.296. The largest absolute Gasteiger partial charge is 0.489 e. The van der Waals surface area contributed by atoms with Crippen molar-refractivity contribution in [2.45, 2.75) is 32.1 Å². The van der Waals surface area contributed by atoms with Crippen LogP contribution in [-0.4, -0.2) is 36.9 Å². The van der Waals surface area contributed by atoms with Gasteiger partial charge in [0.1, 0.15) is 18.2 Å². The third kappa shape index (κ3) is 5.31. The fourth-order valence-electron chi connectivity index (χ4n) is 4.17. The third-order valence-corrected chi connectivity index (χ3v) is 5.95. The summed E-state index contributed by atoms with van der Waals surface area (Å²) in [6.45, 7) is 2.14. The molecule has 34 heavy (non-hydrogen) atoms. The van der Waals surface area contributed by atoms with Gasteiger partial charge in [0.25, 0.3) is 5.91 Å². The number of nitrogens with zero attached hydrogens (tertiary/aromatic N) is 1. The predicted octanol–water partition coefficient (Wildman–Crippen LogP) is 4.95. The number of carbonyl (C=O) groups is 1. The Bertz CT molecular complexity index is 1140. The average molecular weight is 464 g/mol. The van der Waals surface area contributed by atoms with Gasteiger partial charge in [0.15, 0.2) is 11.5 Å². The minimum atomic E-state index is -0.282. The lowest BCUT2D eigenvalue weighted by Crippen LogP contribution is -2.37. The van der Waals surface area contributed by atoms with Gasteiger partial charge in [0, 0.05) is 25.3 Å². The van der Waals surface area contributed by atoms with Crippen molar-refractivity contribution in [3.8, 4) is 17.2 Å². The number of halogens is 1. The number of carbonyl (C=O) groups excluding carboxylic acids is 1. The number of amides is 1. The molecule has 176 valence electrons. The molecular formula is C27H26FNO5. The summed E-state index contributed by atoms with van der Waals surface area (Å²) in [5.41, 5.74) is 2.30. The molecule has 0 radical (unpaired) electrons. The smallest absolute Gasteiger partial charge is 0.254 e. The van der Waals surface area contributed by atoms with Gasteiger partial charge in [-0.05, 0) is 66.4 Å². The maximum Gasteiger partial charge on any atom is 0.254 e. The highest BCUT2D eigenvalue weighted by Crippen LogP contribution is 2.33. The first-order chi connectivity index (χ1) is 16.6. The van der Waals surface area contributed by atoms with Crippen LogP contribution in [0.5, 0.6) is 17.2 Å². The van der Waals surface area contributed by atoms with E-state index in [2.05, 4.69) is 0 Å². The molecule has 3 aromatic carbocycles. The molecule has 2 aliphatic heterocycles. The summed E-state index contributed by atoms with van der Waals surface area (Å²) < 4.78 is 35.7. The van der Waals surface area contributed by atoms with Crippen molar-refractivity contribution in [3.63, 3.8) is 0 Å². The average Bonchev–Trinajstić information content (AvgIpc) is 3.54. The molecule has 1 fully saturated rings. The molecule has 0 bridgehead atoms. The number of fused-ring (bicyclic) bond motifs is 1. The Kier molecular flexibility index (Phi) is 6.62. The summed E-state index contributed by atoms with van der Waals surface area (Å²) in [5, 5.41) is 0. The van der Waals surface area contributed by atoms with Crippen LogP contribution in [0.3, 0.4) is 0 Å². The van der Waals surface area contributed by atoms with Crippen LogP contribution in [0, 0.1) is 5.82 Å². The normalized spacial score (nSPS) is 16.4. The second kappa shape index (κ2) is 10.1. The van der Waals surface area contributed by atoms with Gasteiger partial charge in [-0.1, -0.05) is 24.3 Å². The highest BCUT2D eigenvalue weighted by molar-refractivity contribution is 5.95. The lowest BCUT2D eigenvalue weighted by atomic mass is 10.1. The Hall–Kier alpha value is -3.58. The zero-order valence-corrected chi connectivity index (χ0v) is 18.7. The summed E-state index contributed by atoms with van der Waals surface area (Å²) >= 11 is 0. The van der Waals surface area contributed by atoms with E-state index in [0.717, 1.165) is 30.6 Å². The first-order valence-electron chi connectivity index (χ1n) is 11.4. The molecule has 0 saturated carbocycles. The van der Waals surface area contributed by atoms with Crippen molar-refractivity contribution in [2.24, 2.45) is 0 Å². The number of hydrogen-bond donors (Lipinski definition) is 0. The van der Waals surface area contributed by atoms with Crippen LogP contribution in [0.15, 0.2) is 66.7 Å². The molecule has 1 amide bonds. The highest BCUT2D eigenvalue weighted by Gasteiger charge is 2.25. The Morgan fingerprint density at radius 2 is 1.85 bits per heavy atom. The van der Waals surface area contributed by atoms with E-state index in [4.69, 9.17) is 18.9 Å². The van der Waals surface area contributed by atoms with Gasteiger partial charge in [-0.3, -0.25) is 4.79 Å². The van der Waals surface area contributed by atoms with Crippen molar-refractivity contribution in [3.05, 3.63) is 89.2 Å². The summed E-state index contributed by atoms with van der Waals surface area (Å²) in [5.74, 6) is 1.55. The molecule has 0 N–H and O–H groups in total. The molecular weight excluding hydrogens is 437 g/mol. The monoisotopic (exact) mass is 463 g/mol. The molecule has 0 unspecified atom stereocenters. The molecule has 2 aliphatic rings. The van der Waals surface area contributed by atoms with Gasteiger partial charge >= 0.3 is 0 Å². The van der Waals surface area contributed by atoms with Crippen LogP contribution >= 0.6 is 0 Å². The molecule has 1 saturated heterocycles. The molecule has 6 nitrogen and oxygen atoms in total. The van der Waals surface area contributed by atoms with E-state index in [1.165, 1.54) is 12.1 Å². The Morgan fingerprint density at radius 1 is 1.00 bits per heavy atom. The molecule has 7 heteroatoms. The van der Waals surface area contributed by atoms with Crippen LogP contribution in [0.4, 0.5) is 4.39 Å². The van der Waals surface area contributed by atoms with Gasteiger partial charge < -0.3 is 23.8 Å². The second-order valence-corrected chi connectivity index (χ2v) is 8.45. The van der Waals surface area contributed by atoms with Gasteiger partial charge in [-0.2, -0.15) is 0 Å². The molecule has 0 spiro atoms. The Balaban J connectivity index is 1.27. The third-order valence-electron chi connectivity index (χ3n) is 5.95. The van der Waals surface area contributed by atoms with Crippen molar-refractivity contribution >= 4 is 5.91 Å². The van der Waals surface area contributed by atoms with Crippen molar-refractivity contribution in [1.29, 1.82) is 0 Å². The topological polar surface area (TPSA) is 57.2 Å². The first-order valence-corrected chi connectivity index (χ1v) is 11.4. The standard InChI is InChI=1S/C27H26FNO5/c28-22-4-1-3-20(13-22)17-32-23-9-6-19(7-10-23)15-29(16-24-5-2-12-31-24)27(30)21-8-11-25-26(14-21)34-18-33-25/h1,3-4,6-11,13-14,24H,2,5,12,15-18H2/t24-/m0/s1. The molecule has 1 atom stereocenters. The minimum Gasteiger partial charge on any atom is -0.489 e. The lowest BCUT2D eigenvalue weighted by Gasteiger charge is -2.26. The zero-order chi connectivity index (χ0) is 23.3. The number of benzene rings is 3. The van der Waals surface area contributed by atoms with Crippen LogP contribution < -0.4 is 14.2 Å². The van der Waals surface area contributed by atoms with Crippen molar-refractivity contribution < 1.29 is 28.1 Å². The van der Waals surface area contributed by atoms with E-state index in [-0.39, 0.29) is 31.2 Å². The fourth-order valence-corrected chi connectivity index (χ4v) is 4.17. The number of hydrogen-bond acceptors (Lipinski definition) is 5. The van der Waals surface area contributed by atoms with Crippen LogP contribution in [0.2, 0.25) is 0 Å². The quantitative estimate of drug-likeness (QED) is 0.473. The van der Waals surface area contributed by atoms with E-state index in [1.54, 1.807) is 24.3 Å². The Morgan fingerprint density at radius 3 is 2.65 bits per heavy atom. The second-order valence-electron chi connectivity index (χ2n) is 8.45. The Labute approximate surface area is 197 Å². The summed E-state index contributed by atoms with van der Waals surface area (Å²) in [7, 11) is 0. The van der Waals surface area contributed by atoms with E-state index < -0.39 is 0 Å². The minimum absolute atomic E-state index is 0.0341. The summed E-state index contributed by atoms with van der Waals surface area (Å²) in [6.07, 6.45) is 1.98. The maximum atomic E-state index is 13.4. The van der Waals surface area contributed by atoms with Crippen LogP contribution in [0.25, 0.3) is 0 Å². The SMILES string of the molecule is O=C(c1ccc2c(c1)OCO2)N(Cc1ccc(OCc2cccc(F)c2)cc1)C[C@@H]1CCCO1. The lowest BCUT2D eigenvalue weighted by molar-refractivity contribution is 0.0507. The molecule has 3 aromatic rings. The van der Waals surface area contributed by atoms with Crippen LogP contribution in [0.1, 0.15) is 34.3 Å². The van der Waals surface area contributed by atoms with Gasteiger partial charge in [-0.25, -0.2) is 4.39 Å². The first kappa shape index (κ1) is 22.2. The maximum absolute atomic E-state index is 13.4. The summed E-state index contributed by atoms with van der Waals surface area (Å²) in [6, 6.07) is 19.2. The zero-order valence-electron chi connectivity index (χ0n) is 18.7. The van der Waals surface area contributed by atoms with Crippen molar-refractivity contribution in [2.75, 3.05) is 19.9 Å². The van der Waals surface area contributed by atoms with Crippen molar-refractivity contribution in [1.82, 2.24) is 4.90 Å². The molecule has 0 aliphatic carbocycles. The summed E-state index contributed by atoms with van der Waals surface area (Å²) in [4.78, 5) is 15.2. The highest BCUT2D eigenvalue weighted by atomic mass is 19.1. The molecule has 2 heterocycles. The van der Waals surface area contributed by atoms with Gasteiger partial charge in [-0.15, -0.1) is 0 Å². The number of rotatable bonds is 8.